The lowest BCUT2D eigenvalue weighted by Crippen LogP contribution is -2.46. The highest BCUT2D eigenvalue weighted by Gasteiger charge is 2.47. The van der Waals surface area contributed by atoms with Gasteiger partial charge < -0.3 is 10.0 Å². The molecule has 1 aromatic heterocycles. The fourth-order valence-corrected chi connectivity index (χ4v) is 4.58. The summed E-state index contributed by atoms with van der Waals surface area (Å²) in [6.07, 6.45) is 5.14. The van der Waals surface area contributed by atoms with Crippen LogP contribution in [-0.4, -0.2) is 43.7 Å². The molecule has 2 heterocycles. The number of hydrogen-bond acceptors (Lipinski definition) is 3. The first kappa shape index (κ1) is 17.0. The Morgan fingerprint density at radius 2 is 2.04 bits per heavy atom. The molecule has 0 bridgehead atoms. The highest BCUT2D eigenvalue weighted by molar-refractivity contribution is 5.85. The van der Waals surface area contributed by atoms with Gasteiger partial charge in [-0.3, -0.25) is 9.48 Å². The molecule has 2 aliphatic rings. The van der Waals surface area contributed by atoms with E-state index in [0.29, 0.717) is 18.8 Å². The zero-order valence-corrected chi connectivity index (χ0v) is 14.7. The van der Waals surface area contributed by atoms with Gasteiger partial charge in [-0.25, -0.2) is 4.79 Å². The van der Waals surface area contributed by atoms with Crippen molar-refractivity contribution in [2.45, 2.75) is 77.4 Å². The van der Waals surface area contributed by atoms with Crippen LogP contribution in [0.2, 0.25) is 0 Å². The van der Waals surface area contributed by atoms with Gasteiger partial charge in [0.25, 0.3) is 0 Å². The van der Waals surface area contributed by atoms with Gasteiger partial charge in [-0.2, -0.15) is 5.10 Å². The Morgan fingerprint density at radius 3 is 2.67 bits per heavy atom. The average Bonchev–Trinajstić information content (AvgIpc) is 3.07. The first-order chi connectivity index (χ1) is 11.4. The van der Waals surface area contributed by atoms with Crippen LogP contribution in [0.3, 0.4) is 0 Å². The number of fused-ring (bicyclic) bond motifs is 1. The minimum absolute atomic E-state index is 0.0446. The molecule has 1 saturated heterocycles. The molecule has 0 aromatic carbocycles. The van der Waals surface area contributed by atoms with Crippen LogP contribution in [-0.2, 0) is 9.59 Å². The Bertz CT molecular complexity index is 639. The van der Waals surface area contributed by atoms with E-state index in [4.69, 9.17) is 0 Å². The second-order valence-electron chi connectivity index (χ2n) is 7.43. The lowest BCUT2D eigenvalue weighted by molar-refractivity contribution is -0.150. The van der Waals surface area contributed by atoms with Crippen molar-refractivity contribution in [2.75, 3.05) is 0 Å². The molecule has 1 N–H and O–H groups in total. The Labute approximate surface area is 142 Å². The van der Waals surface area contributed by atoms with Crippen molar-refractivity contribution < 1.29 is 14.7 Å². The number of carboxylic acids is 1. The van der Waals surface area contributed by atoms with Crippen LogP contribution in [0.5, 0.6) is 0 Å². The summed E-state index contributed by atoms with van der Waals surface area (Å²) in [6, 6.07) is 1.38. The number of aliphatic carboxylic acids is 1. The molecular formula is C18H27N3O3. The molecule has 0 radical (unpaired) electrons. The molecule has 1 aliphatic heterocycles. The third kappa shape index (κ3) is 3.06. The van der Waals surface area contributed by atoms with E-state index in [2.05, 4.69) is 5.10 Å². The largest absolute Gasteiger partial charge is 0.480 e. The predicted molar refractivity (Wildman–Crippen MR) is 89.7 cm³/mol. The molecule has 4 unspecified atom stereocenters. The Kier molecular flexibility index (Phi) is 4.65. The quantitative estimate of drug-likeness (QED) is 0.919. The van der Waals surface area contributed by atoms with Crippen LogP contribution < -0.4 is 0 Å². The van der Waals surface area contributed by atoms with E-state index < -0.39 is 12.0 Å². The van der Waals surface area contributed by atoms with Gasteiger partial charge in [0.15, 0.2) is 0 Å². The van der Waals surface area contributed by atoms with E-state index in [1.165, 1.54) is 0 Å². The van der Waals surface area contributed by atoms with E-state index in [1.54, 1.807) is 4.90 Å². The van der Waals surface area contributed by atoms with E-state index in [0.717, 1.165) is 37.1 Å². The third-order valence-electron chi connectivity index (χ3n) is 5.59. The molecule has 1 amide bonds. The topological polar surface area (TPSA) is 75.4 Å². The summed E-state index contributed by atoms with van der Waals surface area (Å²) in [5.74, 6) is -0.554. The smallest absolute Gasteiger partial charge is 0.326 e. The lowest BCUT2D eigenvalue weighted by atomic mass is 9.84. The summed E-state index contributed by atoms with van der Waals surface area (Å²) in [7, 11) is 0. The number of carboxylic acid groups (broad SMARTS) is 1. The van der Waals surface area contributed by atoms with Gasteiger partial charge in [0.2, 0.25) is 5.91 Å². The number of rotatable bonds is 4. The molecule has 4 atom stereocenters. The molecule has 0 spiro atoms. The molecule has 1 aromatic rings. The monoisotopic (exact) mass is 333 g/mol. The number of carbonyl (C=O) groups excluding carboxylic acids is 1. The normalized spacial score (nSPS) is 27.8. The molecule has 132 valence electrons. The van der Waals surface area contributed by atoms with Crippen LogP contribution >= 0.6 is 0 Å². The second kappa shape index (κ2) is 6.57. The predicted octanol–water partition coefficient (Wildman–Crippen LogP) is 2.70. The average molecular weight is 333 g/mol. The second-order valence-corrected chi connectivity index (χ2v) is 7.43. The van der Waals surface area contributed by atoms with E-state index in [1.807, 2.05) is 31.5 Å². The molecule has 6 heteroatoms. The number of amides is 1. The maximum absolute atomic E-state index is 12.9. The van der Waals surface area contributed by atoms with Crippen LogP contribution in [0.25, 0.3) is 0 Å². The number of nitrogens with zero attached hydrogens (tertiary/aromatic N) is 3. The molecule has 1 saturated carbocycles. The molecule has 3 rings (SSSR count). The number of aromatic nitrogens is 2. The lowest BCUT2D eigenvalue weighted by Gasteiger charge is -2.33. The first-order valence-electron chi connectivity index (χ1n) is 8.95. The van der Waals surface area contributed by atoms with Crippen molar-refractivity contribution in [3.63, 3.8) is 0 Å². The molecule has 1 aliphatic carbocycles. The highest BCUT2D eigenvalue weighted by Crippen LogP contribution is 2.40. The Balaban J connectivity index is 1.76. The van der Waals surface area contributed by atoms with E-state index >= 15 is 0 Å². The summed E-state index contributed by atoms with van der Waals surface area (Å²) in [5, 5.41) is 14.0. The van der Waals surface area contributed by atoms with Crippen LogP contribution in [0.15, 0.2) is 6.07 Å². The van der Waals surface area contributed by atoms with Gasteiger partial charge in [0.1, 0.15) is 6.04 Å². The number of carbonyl (C=O) groups is 2. The maximum atomic E-state index is 12.9. The zero-order chi connectivity index (χ0) is 17.4. The first-order valence-corrected chi connectivity index (χ1v) is 8.95. The molecule has 2 fully saturated rings. The third-order valence-corrected chi connectivity index (χ3v) is 5.59. The molecule has 24 heavy (non-hydrogen) atoms. The summed E-state index contributed by atoms with van der Waals surface area (Å²) in [5.41, 5.74) is 1.96. The van der Waals surface area contributed by atoms with Gasteiger partial charge in [-0.05, 0) is 52.0 Å². The molecular weight excluding hydrogens is 306 g/mol. The number of aryl methyl sites for hydroxylation is 2. The summed E-state index contributed by atoms with van der Waals surface area (Å²) in [4.78, 5) is 26.3. The summed E-state index contributed by atoms with van der Waals surface area (Å²) < 4.78 is 1.87. The van der Waals surface area contributed by atoms with E-state index in [9.17, 15) is 14.7 Å². The summed E-state index contributed by atoms with van der Waals surface area (Å²) >= 11 is 0. The Hall–Kier alpha value is -1.85. The van der Waals surface area contributed by atoms with Crippen molar-refractivity contribution in [3.8, 4) is 0 Å². The zero-order valence-electron chi connectivity index (χ0n) is 14.7. The number of hydrogen-bond donors (Lipinski definition) is 1. The van der Waals surface area contributed by atoms with Crippen LogP contribution in [0.4, 0.5) is 0 Å². The van der Waals surface area contributed by atoms with Gasteiger partial charge in [-0.15, -0.1) is 0 Å². The van der Waals surface area contributed by atoms with Gasteiger partial charge in [0.05, 0.1) is 11.7 Å². The van der Waals surface area contributed by atoms with E-state index in [-0.39, 0.29) is 18.0 Å². The van der Waals surface area contributed by atoms with Crippen molar-refractivity contribution in [2.24, 2.45) is 5.92 Å². The van der Waals surface area contributed by atoms with Crippen molar-refractivity contribution in [3.05, 3.63) is 17.5 Å². The van der Waals surface area contributed by atoms with Gasteiger partial charge >= 0.3 is 5.97 Å². The van der Waals surface area contributed by atoms with Gasteiger partial charge in [0, 0.05) is 18.2 Å². The maximum Gasteiger partial charge on any atom is 0.326 e. The van der Waals surface area contributed by atoms with Gasteiger partial charge in [-0.1, -0.05) is 12.8 Å². The minimum atomic E-state index is -0.864. The Morgan fingerprint density at radius 1 is 1.33 bits per heavy atom. The fourth-order valence-electron chi connectivity index (χ4n) is 4.58. The van der Waals surface area contributed by atoms with Crippen LogP contribution in [0, 0.1) is 19.8 Å². The highest BCUT2D eigenvalue weighted by atomic mass is 16.4. The van der Waals surface area contributed by atoms with Crippen molar-refractivity contribution in [1.82, 2.24) is 14.7 Å². The SMILES string of the molecule is Cc1cc(C)n(C(C)CC(=O)N2C(C(=O)O)CC3CCCCC32)n1. The standard InChI is InChI=1S/C18H27N3O3/c1-11-8-12(2)21(19-11)13(3)9-17(22)20-15-7-5-4-6-14(15)10-16(20)18(23)24/h8,13-16H,4-7,9-10H2,1-3H3,(H,23,24). The number of likely N-dealkylation sites (tertiary alicyclic amines) is 1. The van der Waals surface area contributed by atoms with Crippen molar-refractivity contribution in [1.29, 1.82) is 0 Å². The minimum Gasteiger partial charge on any atom is -0.480 e. The molecule has 6 nitrogen and oxygen atoms in total. The van der Waals surface area contributed by atoms with Crippen molar-refractivity contribution >= 4 is 11.9 Å². The fraction of sp³-hybridized carbons (Fsp3) is 0.722. The van der Waals surface area contributed by atoms with Crippen LogP contribution in [0.1, 0.15) is 62.9 Å². The summed E-state index contributed by atoms with van der Waals surface area (Å²) in [6.45, 7) is 5.89.